The van der Waals surface area contributed by atoms with Crippen molar-refractivity contribution >= 4 is 0 Å². The van der Waals surface area contributed by atoms with Gasteiger partial charge >= 0.3 is 0 Å². The molecule has 0 saturated heterocycles. The molecule has 0 bridgehead atoms. The predicted molar refractivity (Wildman–Crippen MR) is 71.3 cm³/mol. The second-order valence-electron chi connectivity index (χ2n) is 5.58. The summed E-state index contributed by atoms with van der Waals surface area (Å²) >= 11 is 0. The van der Waals surface area contributed by atoms with Gasteiger partial charge in [0.05, 0.1) is 18.3 Å². The summed E-state index contributed by atoms with van der Waals surface area (Å²) < 4.78 is 11.9. The van der Waals surface area contributed by atoms with E-state index >= 15 is 0 Å². The van der Waals surface area contributed by atoms with Gasteiger partial charge in [-0.25, -0.2) is 0 Å². The smallest absolute Gasteiger partial charge is 0.0990 e. The van der Waals surface area contributed by atoms with Gasteiger partial charge in [0, 0.05) is 12.6 Å². The zero-order chi connectivity index (χ0) is 12.8. The topological polar surface area (TPSA) is 30.5 Å². The Hall–Kier alpha value is -0.120. The number of hydrogen-bond acceptors (Lipinski definition) is 3. The van der Waals surface area contributed by atoms with Crippen LogP contribution in [0, 0.1) is 5.92 Å². The van der Waals surface area contributed by atoms with Crippen molar-refractivity contribution in [3.63, 3.8) is 0 Å². The van der Waals surface area contributed by atoms with E-state index in [4.69, 9.17) is 9.47 Å². The Morgan fingerprint density at radius 3 is 2.53 bits per heavy atom. The van der Waals surface area contributed by atoms with Gasteiger partial charge in [-0.3, -0.25) is 0 Å². The van der Waals surface area contributed by atoms with Crippen molar-refractivity contribution < 1.29 is 9.47 Å². The van der Waals surface area contributed by atoms with Gasteiger partial charge in [-0.15, -0.1) is 0 Å². The fraction of sp³-hybridized carbons (Fsp3) is 1.00. The molecule has 1 fully saturated rings. The van der Waals surface area contributed by atoms with Crippen LogP contribution in [0.2, 0.25) is 0 Å². The number of hydrogen-bond donors (Lipinski definition) is 1. The number of nitrogens with one attached hydrogen (secondary N) is 1. The minimum atomic E-state index is 0.245. The summed E-state index contributed by atoms with van der Waals surface area (Å²) in [6.45, 7) is 9.62. The molecule has 1 rings (SSSR count). The van der Waals surface area contributed by atoms with Crippen LogP contribution in [0.15, 0.2) is 0 Å². The summed E-state index contributed by atoms with van der Waals surface area (Å²) in [7, 11) is 2.00. The molecule has 1 saturated carbocycles. The van der Waals surface area contributed by atoms with Crippen LogP contribution in [0.1, 0.15) is 47.0 Å². The van der Waals surface area contributed by atoms with Gasteiger partial charge in [-0.05, 0) is 39.2 Å². The highest BCUT2D eigenvalue weighted by atomic mass is 16.6. The molecular formula is C14H29NO2. The largest absolute Gasteiger partial charge is 0.374 e. The van der Waals surface area contributed by atoms with Gasteiger partial charge in [-0.1, -0.05) is 20.8 Å². The monoisotopic (exact) mass is 243 g/mol. The second kappa shape index (κ2) is 7.34. The Morgan fingerprint density at radius 1 is 1.29 bits per heavy atom. The van der Waals surface area contributed by atoms with Crippen molar-refractivity contribution in [1.29, 1.82) is 0 Å². The Balaban J connectivity index is 2.32. The van der Waals surface area contributed by atoms with E-state index in [1.807, 2.05) is 7.05 Å². The lowest BCUT2D eigenvalue weighted by Crippen LogP contribution is -2.60. The first-order chi connectivity index (χ1) is 8.08. The van der Waals surface area contributed by atoms with E-state index in [1.54, 1.807) is 0 Å². The molecule has 4 atom stereocenters. The summed E-state index contributed by atoms with van der Waals surface area (Å²) in [4.78, 5) is 0. The highest BCUT2D eigenvalue weighted by Crippen LogP contribution is 2.29. The van der Waals surface area contributed by atoms with E-state index in [-0.39, 0.29) is 12.2 Å². The van der Waals surface area contributed by atoms with Crippen molar-refractivity contribution in [2.75, 3.05) is 13.7 Å². The van der Waals surface area contributed by atoms with Gasteiger partial charge in [0.15, 0.2) is 0 Å². The van der Waals surface area contributed by atoms with Gasteiger partial charge in [0.25, 0.3) is 0 Å². The van der Waals surface area contributed by atoms with E-state index in [2.05, 4.69) is 33.0 Å². The second-order valence-corrected chi connectivity index (χ2v) is 5.58. The quantitative estimate of drug-likeness (QED) is 0.711. The lowest BCUT2D eigenvalue weighted by molar-refractivity contribution is -0.166. The molecule has 0 aromatic heterocycles. The Labute approximate surface area is 106 Å². The molecule has 17 heavy (non-hydrogen) atoms. The summed E-state index contributed by atoms with van der Waals surface area (Å²) in [6, 6.07) is 0.470. The normalized spacial score (nSPS) is 30.4. The van der Waals surface area contributed by atoms with E-state index in [9.17, 15) is 0 Å². The number of likely N-dealkylation sites (N-methyl/N-ethyl adjacent to an activating group) is 1. The lowest BCUT2D eigenvalue weighted by Gasteiger charge is -2.45. The van der Waals surface area contributed by atoms with Crippen LogP contribution in [-0.2, 0) is 9.47 Å². The zero-order valence-corrected chi connectivity index (χ0v) is 12.0. The first-order valence-electron chi connectivity index (χ1n) is 7.02. The van der Waals surface area contributed by atoms with Crippen molar-refractivity contribution in [3.05, 3.63) is 0 Å². The average Bonchev–Trinajstić information content (AvgIpc) is 2.23. The minimum absolute atomic E-state index is 0.245. The highest BCUT2D eigenvalue weighted by molar-refractivity contribution is 4.97. The molecule has 0 aromatic rings. The van der Waals surface area contributed by atoms with E-state index < -0.39 is 0 Å². The van der Waals surface area contributed by atoms with Crippen LogP contribution in [-0.4, -0.2) is 38.0 Å². The Kier molecular flexibility index (Phi) is 6.45. The van der Waals surface area contributed by atoms with Crippen molar-refractivity contribution in [1.82, 2.24) is 5.32 Å². The molecular weight excluding hydrogens is 214 g/mol. The average molecular weight is 243 g/mol. The van der Waals surface area contributed by atoms with Crippen molar-refractivity contribution in [2.24, 2.45) is 5.92 Å². The SMILES string of the molecule is CCCOC1C(NC)CC1OC(C)CC(C)C. The molecule has 1 N–H and O–H groups in total. The van der Waals surface area contributed by atoms with Crippen LogP contribution in [0.4, 0.5) is 0 Å². The summed E-state index contributed by atoms with van der Waals surface area (Å²) in [5.74, 6) is 0.695. The summed E-state index contributed by atoms with van der Waals surface area (Å²) in [5.41, 5.74) is 0. The molecule has 0 amide bonds. The molecule has 3 heteroatoms. The molecule has 0 radical (unpaired) electrons. The maximum Gasteiger partial charge on any atom is 0.0990 e. The maximum absolute atomic E-state index is 6.07. The van der Waals surface area contributed by atoms with Crippen LogP contribution in [0.5, 0.6) is 0 Å². The fourth-order valence-electron chi connectivity index (χ4n) is 2.49. The number of ether oxygens (including phenoxy) is 2. The third-order valence-electron chi connectivity index (χ3n) is 3.34. The molecule has 3 nitrogen and oxygen atoms in total. The van der Waals surface area contributed by atoms with Gasteiger partial charge in [0.1, 0.15) is 0 Å². The van der Waals surface area contributed by atoms with Crippen molar-refractivity contribution in [2.45, 2.75) is 71.3 Å². The molecule has 4 unspecified atom stereocenters. The summed E-state index contributed by atoms with van der Waals surface area (Å²) in [5, 5.41) is 3.30. The third-order valence-corrected chi connectivity index (χ3v) is 3.34. The third kappa shape index (κ3) is 4.57. The predicted octanol–water partition coefficient (Wildman–Crippen LogP) is 2.59. The first-order valence-corrected chi connectivity index (χ1v) is 7.02. The molecule has 1 aliphatic carbocycles. The van der Waals surface area contributed by atoms with E-state index in [0.29, 0.717) is 18.1 Å². The van der Waals surface area contributed by atoms with Crippen LogP contribution in [0.25, 0.3) is 0 Å². The molecule has 1 aliphatic rings. The van der Waals surface area contributed by atoms with Gasteiger partial charge in [-0.2, -0.15) is 0 Å². The molecule has 0 aromatic carbocycles. The molecule has 102 valence electrons. The fourth-order valence-corrected chi connectivity index (χ4v) is 2.49. The lowest BCUT2D eigenvalue weighted by atomic mass is 9.85. The first kappa shape index (κ1) is 14.9. The van der Waals surface area contributed by atoms with Crippen LogP contribution < -0.4 is 5.32 Å². The minimum Gasteiger partial charge on any atom is -0.374 e. The van der Waals surface area contributed by atoms with Crippen LogP contribution >= 0.6 is 0 Å². The maximum atomic E-state index is 6.07. The Bertz CT molecular complexity index is 208. The highest BCUT2D eigenvalue weighted by Gasteiger charge is 2.42. The van der Waals surface area contributed by atoms with Crippen LogP contribution in [0.3, 0.4) is 0 Å². The molecule has 0 aliphatic heterocycles. The van der Waals surface area contributed by atoms with Gasteiger partial charge in [0.2, 0.25) is 0 Å². The molecule has 0 spiro atoms. The van der Waals surface area contributed by atoms with Gasteiger partial charge < -0.3 is 14.8 Å². The number of rotatable bonds is 8. The zero-order valence-electron chi connectivity index (χ0n) is 12.0. The summed E-state index contributed by atoms with van der Waals surface area (Å²) in [6.07, 6.45) is 4.14. The molecule has 0 heterocycles. The standard InChI is InChI=1S/C14H29NO2/c1-6-7-16-14-12(15-5)9-13(14)17-11(4)8-10(2)3/h10-15H,6-9H2,1-5H3. The van der Waals surface area contributed by atoms with E-state index in [1.165, 1.54) is 0 Å². The Morgan fingerprint density at radius 2 is 2.00 bits per heavy atom. The van der Waals surface area contributed by atoms with Crippen molar-refractivity contribution in [3.8, 4) is 0 Å². The van der Waals surface area contributed by atoms with E-state index in [0.717, 1.165) is 25.9 Å².